The lowest BCUT2D eigenvalue weighted by molar-refractivity contribution is 0.102. The maximum absolute atomic E-state index is 12.4. The predicted octanol–water partition coefficient (Wildman–Crippen LogP) is 3.86. The molecule has 0 saturated carbocycles. The van der Waals surface area contributed by atoms with Crippen LogP contribution in [-0.4, -0.2) is 26.1 Å². The molecule has 4 rings (SSSR count). The SMILES string of the molecule is O=C(Nc1cc(-c2ccncc2)[nH]n1)c1cc2cc(Cl)ccc2[nH]1. The van der Waals surface area contributed by atoms with Gasteiger partial charge in [-0.2, -0.15) is 5.10 Å². The highest BCUT2D eigenvalue weighted by Crippen LogP contribution is 2.22. The Morgan fingerprint density at radius 2 is 1.92 bits per heavy atom. The van der Waals surface area contributed by atoms with Crippen LogP contribution in [0.25, 0.3) is 22.2 Å². The molecule has 7 heteroatoms. The average molecular weight is 338 g/mol. The quantitative estimate of drug-likeness (QED) is 0.530. The van der Waals surface area contributed by atoms with E-state index < -0.39 is 0 Å². The number of anilines is 1. The van der Waals surface area contributed by atoms with Crippen molar-refractivity contribution < 1.29 is 4.79 Å². The van der Waals surface area contributed by atoms with Crippen LogP contribution in [0.2, 0.25) is 5.02 Å². The topological polar surface area (TPSA) is 86.5 Å². The zero-order chi connectivity index (χ0) is 16.5. The summed E-state index contributed by atoms with van der Waals surface area (Å²) < 4.78 is 0. The summed E-state index contributed by atoms with van der Waals surface area (Å²) in [6, 6.07) is 12.7. The minimum Gasteiger partial charge on any atom is -0.351 e. The molecule has 6 nitrogen and oxygen atoms in total. The van der Waals surface area contributed by atoms with Crippen LogP contribution < -0.4 is 5.32 Å². The van der Waals surface area contributed by atoms with Crippen LogP contribution in [0, 0.1) is 0 Å². The Morgan fingerprint density at radius 1 is 1.08 bits per heavy atom. The lowest BCUT2D eigenvalue weighted by Gasteiger charge is -1.98. The summed E-state index contributed by atoms with van der Waals surface area (Å²) >= 11 is 5.97. The monoisotopic (exact) mass is 337 g/mol. The van der Waals surface area contributed by atoms with E-state index in [1.54, 1.807) is 36.7 Å². The number of hydrogen-bond donors (Lipinski definition) is 3. The van der Waals surface area contributed by atoms with E-state index in [0.29, 0.717) is 16.5 Å². The van der Waals surface area contributed by atoms with Crippen molar-refractivity contribution in [2.75, 3.05) is 5.32 Å². The van der Waals surface area contributed by atoms with E-state index in [0.717, 1.165) is 22.2 Å². The smallest absolute Gasteiger partial charge is 0.273 e. The fraction of sp³-hybridized carbons (Fsp3) is 0. The van der Waals surface area contributed by atoms with Crippen LogP contribution >= 0.6 is 11.6 Å². The third-order valence-corrected chi connectivity index (χ3v) is 3.87. The van der Waals surface area contributed by atoms with Crippen LogP contribution in [0.15, 0.2) is 54.9 Å². The Hall–Kier alpha value is -3.12. The van der Waals surface area contributed by atoms with Gasteiger partial charge in [0.1, 0.15) is 5.69 Å². The third kappa shape index (κ3) is 2.75. The number of amides is 1. The van der Waals surface area contributed by atoms with E-state index in [-0.39, 0.29) is 5.91 Å². The predicted molar refractivity (Wildman–Crippen MR) is 93.1 cm³/mol. The van der Waals surface area contributed by atoms with Crippen LogP contribution in [-0.2, 0) is 0 Å². The molecular formula is C17H12ClN5O. The molecule has 0 aliphatic heterocycles. The van der Waals surface area contributed by atoms with Crippen molar-refractivity contribution in [3.63, 3.8) is 0 Å². The molecule has 0 radical (unpaired) electrons. The second-order valence-corrected chi connectivity index (χ2v) is 5.71. The van der Waals surface area contributed by atoms with Gasteiger partial charge in [0.05, 0.1) is 5.69 Å². The van der Waals surface area contributed by atoms with Gasteiger partial charge in [-0.05, 0) is 36.4 Å². The molecule has 0 aliphatic carbocycles. The van der Waals surface area contributed by atoms with Gasteiger partial charge in [0, 0.05) is 39.9 Å². The van der Waals surface area contributed by atoms with Crippen molar-refractivity contribution in [2.45, 2.75) is 0 Å². The highest BCUT2D eigenvalue weighted by atomic mass is 35.5. The summed E-state index contributed by atoms with van der Waals surface area (Å²) in [7, 11) is 0. The van der Waals surface area contributed by atoms with Crippen molar-refractivity contribution >= 4 is 34.2 Å². The van der Waals surface area contributed by atoms with Gasteiger partial charge in [-0.15, -0.1) is 0 Å². The van der Waals surface area contributed by atoms with Crippen molar-refractivity contribution in [1.82, 2.24) is 20.2 Å². The van der Waals surface area contributed by atoms with E-state index in [1.807, 2.05) is 18.2 Å². The number of H-pyrrole nitrogens is 2. The number of halogens is 1. The Balaban J connectivity index is 1.56. The summed E-state index contributed by atoms with van der Waals surface area (Å²) in [6.07, 6.45) is 3.40. The number of carbonyl (C=O) groups excluding carboxylic acids is 1. The van der Waals surface area contributed by atoms with E-state index >= 15 is 0 Å². The minimum atomic E-state index is -0.268. The summed E-state index contributed by atoms with van der Waals surface area (Å²) in [6.45, 7) is 0. The molecule has 3 aromatic heterocycles. The molecule has 3 heterocycles. The molecule has 0 atom stereocenters. The molecule has 1 aromatic carbocycles. The first kappa shape index (κ1) is 14.5. The maximum Gasteiger partial charge on any atom is 0.273 e. The van der Waals surface area contributed by atoms with Crippen LogP contribution in [0.5, 0.6) is 0 Å². The van der Waals surface area contributed by atoms with Gasteiger partial charge < -0.3 is 10.3 Å². The molecule has 0 spiro atoms. The summed E-state index contributed by atoms with van der Waals surface area (Å²) in [4.78, 5) is 19.4. The summed E-state index contributed by atoms with van der Waals surface area (Å²) in [5.41, 5.74) is 3.04. The number of fused-ring (bicyclic) bond motifs is 1. The first-order valence-corrected chi connectivity index (χ1v) is 7.62. The first-order valence-electron chi connectivity index (χ1n) is 7.24. The van der Waals surface area contributed by atoms with Gasteiger partial charge in [0.15, 0.2) is 5.82 Å². The van der Waals surface area contributed by atoms with Gasteiger partial charge >= 0.3 is 0 Å². The first-order chi connectivity index (χ1) is 11.7. The number of aromatic nitrogens is 4. The lowest BCUT2D eigenvalue weighted by Crippen LogP contribution is -2.12. The van der Waals surface area contributed by atoms with Crippen molar-refractivity contribution in [3.05, 3.63) is 65.6 Å². The Labute approximate surface area is 141 Å². The van der Waals surface area contributed by atoms with Gasteiger partial charge in [-0.25, -0.2) is 0 Å². The van der Waals surface area contributed by atoms with Crippen molar-refractivity contribution in [2.24, 2.45) is 0 Å². The summed E-state index contributed by atoms with van der Waals surface area (Å²) in [5, 5.41) is 11.3. The second-order valence-electron chi connectivity index (χ2n) is 5.27. The van der Waals surface area contributed by atoms with E-state index in [9.17, 15) is 4.79 Å². The molecule has 3 N–H and O–H groups in total. The molecule has 24 heavy (non-hydrogen) atoms. The Morgan fingerprint density at radius 3 is 2.75 bits per heavy atom. The van der Waals surface area contributed by atoms with E-state index in [2.05, 4.69) is 25.5 Å². The number of nitrogens with one attached hydrogen (secondary N) is 3. The van der Waals surface area contributed by atoms with Crippen LogP contribution in [0.1, 0.15) is 10.5 Å². The van der Waals surface area contributed by atoms with Gasteiger partial charge in [0.2, 0.25) is 0 Å². The zero-order valence-electron chi connectivity index (χ0n) is 12.4. The number of benzene rings is 1. The van der Waals surface area contributed by atoms with Gasteiger partial charge in [-0.3, -0.25) is 14.9 Å². The molecule has 0 aliphatic rings. The fourth-order valence-corrected chi connectivity index (χ4v) is 2.66. The second kappa shape index (κ2) is 5.82. The van der Waals surface area contributed by atoms with Gasteiger partial charge in [-0.1, -0.05) is 11.6 Å². The summed E-state index contributed by atoms with van der Waals surface area (Å²) in [5.74, 6) is 0.179. The molecule has 118 valence electrons. The van der Waals surface area contributed by atoms with E-state index in [4.69, 9.17) is 11.6 Å². The number of aromatic amines is 2. The number of carbonyl (C=O) groups is 1. The average Bonchev–Trinajstić information content (AvgIpc) is 3.22. The standard InChI is InChI=1S/C17H12ClN5O/c18-12-1-2-13-11(7-12)8-15(20-13)17(24)21-16-9-14(22-23-16)10-3-5-19-6-4-10/h1-9,20H,(H2,21,22,23,24). The maximum atomic E-state index is 12.4. The molecule has 1 amide bonds. The Kier molecular flexibility index (Phi) is 3.51. The molecule has 0 bridgehead atoms. The van der Waals surface area contributed by atoms with Gasteiger partial charge in [0.25, 0.3) is 5.91 Å². The molecule has 0 fully saturated rings. The fourth-order valence-electron chi connectivity index (χ4n) is 2.47. The van der Waals surface area contributed by atoms with E-state index in [1.165, 1.54) is 0 Å². The molecule has 0 saturated heterocycles. The number of rotatable bonds is 3. The van der Waals surface area contributed by atoms with Crippen LogP contribution in [0.3, 0.4) is 0 Å². The highest BCUT2D eigenvalue weighted by molar-refractivity contribution is 6.31. The molecular weight excluding hydrogens is 326 g/mol. The highest BCUT2D eigenvalue weighted by Gasteiger charge is 2.12. The third-order valence-electron chi connectivity index (χ3n) is 3.64. The van der Waals surface area contributed by atoms with Crippen molar-refractivity contribution in [3.8, 4) is 11.3 Å². The number of pyridine rings is 1. The molecule has 0 unspecified atom stereocenters. The molecule has 4 aromatic rings. The Bertz CT molecular complexity index is 1020. The van der Waals surface area contributed by atoms with Crippen molar-refractivity contribution in [1.29, 1.82) is 0 Å². The largest absolute Gasteiger partial charge is 0.351 e. The minimum absolute atomic E-state index is 0.268. The zero-order valence-corrected chi connectivity index (χ0v) is 13.1. The van der Waals surface area contributed by atoms with Crippen LogP contribution in [0.4, 0.5) is 5.82 Å². The normalized spacial score (nSPS) is 10.9. The lowest BCUT2D eigenvalue weighted by atomic mass is 10.2. The number of hydrogen-bond acceptors (Lipinski definition) is 3. The number of nitrogens with zero attached hydrogens (tertiary/aromatic N) is 2.